The zero-order chi connectivity index (χ0) is 13.6. The van der Waals surface area contributed by atoms with E-state index in [0.717, 1.165) is 0 Å². The van der Waals surface area contributed by atoms with Crippen molar-refractivity contribution in [2.75, 3.05) is 7.05 Å². The summed E-state index contributed by atoms with van der Waals surface area (Å²) in [5.41, 5.74) is 13.0. The van der Waals surface area contributed by atoms with E-state index in [2.05, 4.69) is 16.0 Å². The Morgan fingerprint density at radius 2 is 2.16 bits per heavy atom. The molecule has 0 fully saturated rings. The van der Waals surface area contributed by atoms with Crippen LogP contribution in [0.25, 0.3) is 5.70 Å². The number of nitrogens with two attached hydrogens (primary N) is 1. The monoisotopic (exact) mass is 260 g/mol. The molecule has 0 atom stereocenters. The second kappa shape index (κ2) is 3.89. The van der Waals surface area contributed by atoms with Crippen molar-refractivity contribution >= 4 is 17.6 Å². The van der Waals surface area contributed by atoms with Gasteiger partial charge in [0, 0.05) is 12.6 Å². The fourth-order valence-electron chi connectivity index (χ4n) is 2.13. The van der Waals surface area contributed by atoms with Crippen LogP contribution in [0.4, 0.5) is 0 Å². The first kappa shape index (κ1) is 11.4. The van der Waals surface area contributed by atoms with E-state index in [-0.39, 0.29) is 11.5 Å². The predicted octanol–water partition coefficient (Wildman–Crippen LogP) is -0.489. The minimum atomic E-state index is -0.988. The molecule has 1 aromatic carbocycles. The smallest absolute Gasteiger partial charge is 0.336 e. The third kappa shape index (κ3) is 1.58. The number of nitrogens with one attached hydrogen (secondary N) is 2. The van der Waals surface area contributed by atoms with Crippen LogP contribution in [0.3, 0.4) is 0 Å². The number of hydrazone groups is 1. The van der Waals surface area contributed by atoms with E-state index in [4.69, 9.17) is 5.73 Å². The van der Waals surface area contributed by atoms with Gasteiger partial charge in [-0.15, -0.1) is 10.2 Å². The number of benzene rings is 1. The molecule has 19 heavy (non-hydrogen) atoms. The summed E-state index contributed by atoms with van der Waals surface area (Å²) in [6.07, 6.45) is 0. The molecule has 0 bridgehead atoms. The molecule has 8 heteroatoms. The highest BCUT2D eigenvalue weighted by Crippen LogP contribution is 2.28. The van der Waals surface area contributed by atoms with E-state index >= 15 is 0 Å². The first-order valence-corrected chi connectivity index (χ1v) is 5.56. The third-order valence-corrected chi connectivity index (χ3v) is 2.94. The van der Waals surface area contributed by atoms with Gasteiger partial charge in [0.1, 0.15) is 5.70 Å². The van der Waals surface area contributed by atoms with Crippen molar-refractivity contribution < 1.29 is 9.90 Å². The molecule has 5 N–H and O–H groups in total. The fourth-order valence-corrected chi connectivity index (χ4v) is 2.13. The van der Waals surface area contributed by atoms with Crippen LogP contribution in [0.1, 0.15) is 15.9 Å². The van der Waals surface area contributed by atoms with Gasteiger partial charge in [-0.1, -0.05) is 18.2 Å². The van der Waals surface area contributed by atoms with Gasteiger partial charge in [-0.2, -0.15) is 0 Å². The molecule has 2 heterocycles. The number of hydrazine groups is 2. The predicted molar refractivity (Wildman–Crippen MR) is 67.8 cm³/mol. The van der Waals surface area contributed by atoms with Crippen LogP contribution in [-0.2, 0) is 0 Å². The lowest BCUT2D eigenvalue weighted by molar-refractivity contribution is 0.0696. The number of carboxylic acids is 1. The highest BCUT2D eigenvalue weighted by atomic mass is 16.4. The number of carboxylic acid groups (broad SMARTS) is 1. The van der Waals surface area contributed by atoms with Gasteiger partial charge >= 0.3 is 5.97 Å². The van der Waals surface area contributed by atoms with Crippen molar-refractivity contribution in [3.05, 3.63) is 41.2 Å². The molecule has 98 valence electrons. The summed E-state index contributed by atoms with van der Waals surface area (Å²) in [6.45, 7) is 0. The first-order chi connectivity index (χ1) is 9.09. The molecule has 2 aliphatic heterocycles. The van der Waals surface area contributed by atoms with Crippen LogP contribution in [0.5, 0.6) is 0 Å². The summed E-state index contributed by atoms with van der Waals surface area (Å²) in [4.78, 5) is 11.3. The molecule has 0 saturated carbocycles. The standard InChI is InChI=1S/C11H12N6O2/c1-16-15-8(9-13-14-11(12)17(9)16)6-4-2-3-5-7(6)10(18)19/h2-5,13,15H,1H3,(H2,12,14)(H,18,19). The molecule has 0 amide bonds. The molecule has 2 aliphatic rings. The van der Waals surface area contributed by atoms with E-state index in [9.17, 15) is 9.90 Å². The number of carbonyl (C=O) groups is 1. The highest BCUT2D eigenvalue weighted by molar-refractivity contribution is 5.95. The summed E-state index contributed by atoms with van der Waals surface area (Å²) < 4.78 is 0. The molecule has 0 aliphatic carbocycles. The van der Waals surface area contributed by atoms with E-state index < -0.39 is 5.97 Å². The summed E-state index contributed by atoms with van der Waals surface area (Å²) in [6, 6.07) is 6.74. The van der Waals surface area contributed by atoms with Crippen molar-refractivity contribution in [2.45, 2.75) is 0 Å². The van der Waals surface area contributed by atoms with Gasteiger partial charge in [0.05, 0.1) is 5.56 Å². The van der Waals surface area contributed by atoms with Crippen LogP contribution in [0.2, 0.25) is 0 Å². The van der Waals surface area contributed by atoms with Crippen molar-refractivity contribution in [1.29, 1.82) is 0 Å². The summed E-state index contributed by atoms with van der Waals surface area (Å²) >= 11 is 0. The van der Waals surface area contributed by atoms with Gasteiger partial charge in [0.15, 0.2) is 5.82 Å². The van der Waals surface area contributed by atoms with Gasteiger partial charge in [0.2, 0.25) is 5.96 Å². The van der Waals surface area contributed by atoms with Gasteiger partial charge in [-0.05, 0) is 6.07 Å². The maximum absolute atomic E-state index is 11.3. The largest absolute Gasteiger partial charge is 0.478 e. The fraction of sp³-hybridized carbons (Fsp3) is 0.0909. The zero-order valence-electron chi connectivity index (χ0n) is 10.1. The Morgan fingerprint density at radius 3 is 2.89 bits per heavy atom. The normalized spacial score (nSPS) is 17.9. The summed E-state index contributed by atoms with van der Waals surface area (Å²) in [5, 5.41) is 16.4. The lowest BCUT2D eigenvalue weighted by atomic mass is 10.0. The average molecular weight is 260 g/mol. The van der Waals surface area contributed by atoms with E-state index in [1.165, 1.54) is 0 Å². The Morgan fingerprint density at radius 1 is 1.42 bits per heavy atom. The Bertz CT molecular complexity index is 623. The summed E-state index contributed by atoms with van der Waals surface area (Å²) in [5.74, 6) is -0.0972. The second-order valence-corrected chi connectivity index (χ2v) is 4.10. The number of hydrogen-bond donors (Lipinski definition) is 4. The lowest BCUT2D eigenvalue weighted by Gasteiger charge is -2.20. The minimum Gasteiger partial charge on any atom is -0.478 e. The molecule has 0 radical (unpaired) electrons. The zero-order valence-corrected chi connectivity index (χ0v) is 10.1. The molecular weight excluding hydrogens is 248 g/mol. The number of rotatable bonds is 2. The molecule has 0 saturated heterocycles. The molecule has 3 rings (SSSR count). The van der Waals surface area contributed by atoms with Gasteiger partial charge < -0.3 is 10.8 Å². The molecule has 0 aromatic heterocycles. The van der Waals surface area contributed by atoms with Gasteiger partial charge in [-0.3, -0.25) is 10.9 Å². The molecule has 0 spiro atoms. The molecule has 8 nitrogen and oxygen atoms in total. The molecular formula is C11H12N6O2. The third-order valence-electron chi connectivity index (χ3n) is 2.94. The number of fused-ring (bicyclic) bond motifs is 1. The van der Waals surface area contributed by atoms with Crippen LogP contribution in [0, 0.1) is 0 Å². The molecule has 1 aromatic rings. The van der Waals surface area contributed by atoms with Crippen molar-refractivity contribution in [3.8, 4) is 0 Å². The Balaban J connectivity index is 2.12. The van der Waals surface area contributed by atoms with Crippen LogP contribution in [-0.4, -0.2) is 34.2 Å². The van der Waals surface area contributed by atoms with E-state index in [1.54, 1.807) is 41.4 Å². The topological polar surface area (TPSA) is 106 Å². The number of hydrogen-bond acceptors (Lipinski definition) is 7. The van der Waals surface area contributed by atoms with Crippen LogP contribution < -0.4 is 16.6 Å². The SMILES string of the molecule is CN1NC(c2ccccc2C(=O)O)=C2NN=C(N)N21. The maximum atomic E-state index is 11.3. The van der Waals surface area contributed by atoms with Gasteiger partial charge in [-0.25, -0.2) is 9.80 Å². The number of aromatic carboxylic acids is 1. The van der Waals surface area contributed by atoms with E-state index in [0.29, 0.717) is 17.1 Å². The van der Waals surface area contributed by atoms with Crippen LogP contribution >= 0.6 is 0 Å². The Kier molecular flexibility index (Phi) is 2.32. The Hall–Kier alpha value is -2.74. The minimum absolute atomic E-state index is 0.208. The number of nitrogens with zero attached hydrogens (tertiary/aromatic N) is 3. The second-order valence-electron chi connectivity index (χ2n) is 4.10. The Labute approximate surface area is 108 Å². The average Bonchev–Trinajstić information content (AvgIpc) is 2.92. The lowest BCUT2D eigenvalue weighted by Crippen LogP contribution is -2.45. The van der Waals surface area contributed by atoms with Crippen molar-refractivity contribution in [3.63, 3.8) is 0 Å². The first-order valence-electron chi connectivity index (χ1n) is 5.56. The molecule has 0 unspecified atom stereocenters. The van der Waals surface area contributed by atoms with Crippen molar-refractivity contribution in [1.82, 2.24) is 21.0 Å². The summed E-state index contributed by atoms with van der Waals surface area (Å²) in [7, 11) is 1.76. The maximum Gasteiger partial charge on any atom is 0.336 e. The van der Waals surface area contributed by atoms with Crippen LogP contribution in [0.15, 0.2) is 35.2 Å². The highest BCUT2D eigenvalue weighted by Gasteiger charge is 2.35. The quantitative estimate of drug-likeness (QED) is 0.568. The van der Waals surface area contributed by atoms with E-state index in [1.807, 2.05) is 0 Å². The number of guanidine groups is 1. The van der Waals surface area contributed by atoms with Crippen molar-refractivity contribution in [2.24, 2.45) is 10.8 Å². The van der Waals surface area contributed by atoms with Gasteiger partial charge in [0.25, 0.3) is 0 Å².